The van der Waals surface area contributed by atoms with E-state index in [-0.39, 0.29) is 5.69 Å². The van der Waals surface area contributed by atoms with E-state index in [4.69, 9.17) is 0 Å². The molecule has 0 aliphatic carbocycles. The molecule has 1 heterocycles. The Kier molecular flexibility index (Phi) is 2.91. The lowest BCUT2D eigenvalue weighted by molar-refractivity contribution is 0.102. The number of nitrogens with one attached hydrogen (secondary N) is 1. The molecule has 0 bridgehead atoms. The number of para-hydroxylation sites is 1. The molecule has 1 aromatic carbocycles. The van der Waals surface area contributed by atoms with Gasteiger partial charge in [0.05, 0.1) is 11.4 Å². The maximum Gasteiger partial charge on any atom is 0.269 e. The third kappa shape index (κ3) is 2.06. The van der Waals surface area contributed by atoms with E-state index in [1.807, 2.05) is 0 Å². The first-order valence-electron chi connectivity index (χ1n) is 4.53. The Hall–Kier alpha value is -1.82. The quantitative estimate of drug-likeness (QED) is 0.871. The number of carbonyl (C=O) groups excluding carboxylic acids is 1. The van der Waals surface area contributed by atoms with Gasteiger partial charge in [0, 0.05) is 0 Å². The standard InChI is InChI=1S/C10H8FN3OS/c1-6-9(16-14-13-6)10(15)12-8-5-3-2-4-7(8)11/h2-5H,1H3,(H,12,15). The van der Waals surface area contributed by atoms with Gasteiger partial charge in [-0.05, 0) is 30.6 Å². The molecule has 6 heteroatoms. The van der Waals surface area contributed by atoms with Gasteiger partial charge in [0.25, 0.3) is 5.91 Å². The lowest BCUT2D eigenvalue weighted by Crippen LogP contribution is -2.12. The number of benzene rings is 1. The highest BCUT2D eigenvalue weighted by molar-refractivity contribution is 7.08. The molecule has 0 aliphatic heterocycles. The van der Waals surface area contributed by atoms with Crippen LogP contribution in [0.2, 0.25) is 0 Å². The van der Waals surface area contributed by atoms with Crippen LogP contribution in [0.5, 0.6) is 0 Å². The van der Waals surface area contributed by atoms with E-state index in [9.17, 15) is 9.18 Å². The maximum atomic E-state index is 13.2. The zero-order valence-corrected chi connectivity index (χ0v) is 9.21. The fourth-order valence-electron chi connectivity index (χ4n) is 1.18. The average molecular weight is 237 g/mol. The van der Waals surface area contributed by atoms with Gasteiger partial charge < -0.3 is 5.32 Å². The van der Waals surface area contributed by atoms with Gasteiger partial charge in [0.2, 0.25) is 0 Å². The SMILES string of the molecule is Cc1nnsc1C(=O)Nc1ccccc1F. The molecule has 4 nitrogen and oxygen atoms in total. The van der Waals surface area contributed by atoms with Crippen molar-refractivity contribution in [1.82, 2.24) is 9.59 Å². The molecule has 0 spiro atoms. The molecule has 2 aromatic rings. The highest BCUT2D eigenvalue weighted by Gasteiger charge is 2.14. The number of hydrogen-bond donors (Lipinski definition) is 1. The van der Waals surface area contributed by atoms with Crippen LogP contribution in [0.15, 0.2) is 24.3 Å². The molecular weight excluding hydrogens is 229 g/mol. The number of rotatable bonds is 2. The number of halogens is 1. The first-order chi connectivity index (χ1) is 7.68. The normalized spacial score (nSPS) is 10.1. The number of aryl methyl sites for hydroxylation is 1. The minimum Gasteiger partial charge on any atom is -0.319 e. The lowest BCUT2D eigenvalue weighted by Gasteiger charge is -2.04. The molecule has 2 rings (SSSR count). The predicted octanol–water partition coefficient (Wildman–Crippen LogP) is 2.24. The average Bonchev–Trinajstić information content (AvgIpc) is 2.68. The molecule has 82 valence electrons. The monoisotopic (exact) mass is 237 g/mol. The van der Waals surface area contributed by atoms with Gasteiger partial charge in [0.1, 0.15) is 10.7 Å². The van der Waals surface area contributed by atoms with Gasteiger partial charge in [0.15, 0.2) is 0 Å². The predicted molar refractivity (Wildman–Crippen MR) is 59.0 cm³/mol. The van der Waals surface area contributed by atoms with Crippen molar-refractivity contribution in [2.75, 3.05) is 5.32 Å². The van der Waals surface area contributed by atoms with Crippen LogP contribution in [-0.4, -0.2) is 15.5 Å². The first kappa shape index (κ1) is 10.7. The number of carbonyl (C=O) groups is 1. The van der Waals surface area contributed by atoms with Crippen molar-refractivity contribution in [2.45, 2.75) is 6.92 Å². The Balaban J connectivity index is 2.21. The van der Waals surface area contributed by atoms with E-state index < -0.39 is 11.7 Å². The summed E-state index contributed by atoms with van der Waals surface area (Å²) in [7, 11) is 0. The van der Waals surface area contributed by atoms with Crippen molar-refractivity contribution in [1.29, 1.82) is 0 Å². The number of hydrogen-bond acceptors (Lipinski definition) is 4. The molecule has 0 aliphatic rings. The molecule has 16 heavy (non-hydrogen) atoms. The van der Waals surface area contributed by atoms with Crippen molar-refractivity contribution in [3.8, 4) is 0 Å². The fraction of sp³-hybridized carbons (Fsp3) is 0.100. The molecule has 0 radical (unpaired) electrons. The minimum absolute atomic E-state index is 0.153. The summed E-state index contributed by atoms with van der Waals surface area (Å²) in [6.45, 7) is 1.68. The molecule has 0 atom stereocenters. The number of nitrogens with zero attached hydrogens (tertiary/aromatic N) is 2. The Labute approximate surface area is 95.3 Å². The van der Waals surface area contributed by atoms with Gasteiger partial charge in [-0.25, -0.2) is 4.39 Å². The molecule has 1 N–H and O–H groups in total. The molecule has 1 amide bonds. The number of anilines is 1. The summed E-state index contributed by atoms with van der Waals surface area (Å²) in [5.41, 5.74) is 0.694. The Morgan fingerprint density at radius 1 is 1.44 bits per heavy atom. The van der Waals surface area contributed by atoms with E-state index >= 15 is 0 Å². The van der Waals surface area contributed by atoms with Gasteiger partial charge in [-0.3, -0.25) is 4.79 Å². The van der Waals surface area contributed by atoms with Crippen molar-refractivity contribution >= 4 is 23.1 Å². The van der Waals surface area contributed by atoms with Crippen LogP contribution in [0.1, 0.15) is 15.4 Å². The summed E-state index contributed by atoms with van der Waals surface area (Å²) in [6.07, 6.45) is 0. The van der Waals surface area contributed by atoms with E-state index in [0.717, 1.165) is 11.5 Å². The summed E-state index contributed by atoms with van der Waals surface area (Å²) in [6, 6.07) is 5.99. The highest BCUT2D eigenvalue weighted by Crippen LogP contribution is 2.16. The van der Waals surface area contributed by atoms with Gasteiger partial charge in [-0.15, -0.1) is 5.10 Å². The third-order valence-electron chi connectivity index (χ3n) is 1.98. The largest absolute Gasteiger partial charge is 0.319 e. The van der Waals surface area contributed by atoms with Crippen LogP contribution in [0.25, 0.3) is 0 Å². The van der Waals surface area contributed by atoms with Crippen LogP contribution >= 0.6 is 11.5 Å². The van der Waals surface area contributed by atoms with Crippen LogP contribution < -0.4 is 5.32 Å². The molecule has 1 aromatic heterocycles. The Bertz CT molecular complexity index is 526. The zero-order valence-electron chi connectivity index (χ0n) is 8.40. The van der Waals surface area contributed by atoms with Crippen LogP contribution in [-0.2, 0) is 0 Å². The van der Waals surface area contributed by atoms with Gasteiger partial charge >= 0.3 is 0 Å². The van der Waals surface area contributed by atoms with Crippen LogP contribution in [0.3, 0.4) is 0 Å². The second-order valence-electron chi connectivity index (χ2n) is 3.12. The molecule has 0 saturated heterocycles. The van der Waals surface area contributed by atoms with Gasteiger partial charge in [-0.1, -0.05) is 16.6 Å². The Morgan fingerprint density at radius 3 is 2.81 bits per heavy atom. The van der Waals surface area contributed by atoms with E-state index in [0.29, 0.717) is 10.6 Å². The smallest absolute Gasteiger partial charge is 0.269 e. The molecule has 0 fully saturated rings. The third-order valence-corrected chi connectivity index (χ3v) is 2.81. The van der Waals surface area contributed by atoms with Crippen LogP contribution in [0.4, 0.5) is 10.1 Å². The minimum atomic E-state index is -0.467. The highest BCUT2D eigenvalue weighted by atomic mass is 32.1. The number of aromatic nitrogens is 2. The fourth-order valence-corrected chi connectivity index (χ4v) is 1.73. The summed E-state index contributed by atoms with van der Waals surface area (Å²) in [5.74, 6) is -0.858. The van der Waals surface area contributed by atoms with E-state index in [2.05, 4.69) is 14.9 Å². The van der Waals surface area contributed by atoms with E-state index in [1.165, 1.54) is 12.1 Å². The first-order valence-corrected chi connectivity index (χ1v) is 5.30. The molecular formula is C10H8FN3OS. The Morgan fingerprint density at radius 2 is 2.19 bits per heavy atom. The maximum absolute atomic E-state index is 13.2. The van der Waals surface area contributed by atoms with Crippen molar-refractivity contribution in [3.05, 3.63) is 40.7 Å². The summed E-state index contributed by atoms with van der Waals surface area (Å²) in [4.78, 5) is 12.1. The summed E-state index contributed by atoms with van der Waals surface area (Å²) in [5, 5.41) is 6.19. The second kappa shape index (κ2) is 4.36. The molecule has 0 saturated carbocycles. The summed E-state index contributed by atoms with van der Waals surface area (Å²) >= 11 is 0.987. The van der Waals surface area contributed by atoms with Crippen LogP contribution in [0, 0.1) is 12.7 Å². The van der Waals surface area contributed by atoms with Gasteiger partial charge in [-0.2, -0.15) is 0 Å². The van der Waals surface area contributed by atoms with Crippen molar-refractivity contribution in [2.24, 2.45) is 0 Å². The van der Waals surface area contributed by atoms with E-state index in [1.54, 1.807) is 19.1 Å². The van der Waals surface area contributed by atoms with Crippen molar-refractivity contribution < 1.29 is 9.18 Å². The number of amides is 1. The second-order valence-corrected chi connectivity index (χ2v) is 3.88. The lowest BCUT2D eigenvalue weighted by atomic mass is 10.3. The van der Waals surface area contributed by atoms with Crippen molar-refractivity contribution in [3.63, 3.8) is 0 Å². The summed E-state index contributed by atoms with van der Waals surface area (Å²) < 4.78 is 16.9. The zero-order chi connectivity index (χ0) is 11.5. The molecule has 0 unspecified atom stereocenters. The topological polar surface area (TPSA) is 54.9 Å².